The monoisotopic (exact) mass is 314 g/mol. The summed E-state index contributed by atoms with van der Waals surface area (Å²) in [5.41, 5.74) is 0.970. The van der Waals surface area contributed by atoms with Crippen molar-refractivity contribution >= 4 is 11.8 Å². The van der Waals surface area contributed by atoms with Gasteiger partial charge in [-0.2, -0.15) is 0 Å². The number of nitrogens with zero attached hydrogens (tertiary/aromatic N) is 2. The number of rotatable bonds is 5. The van der Waals surface area contributed by atoms with Crippen molar-refractivity contribution in [3.63, 3.8) is 0 Å². The van der Waals surface area contributed by atoms with Crippen LogP contribution in [0.3, 0.4) is 0 Å². The summed E-state index contributed by atoms with van der Waals surface area (Å²) in [6.07, 6.45) is 7.08. The standard InChI is InChI=1S/C19H26N2O2/c1-2-3-13-23-18-19(11-7-8-12-19)14-17(22)21(20-18)15-16-9-5-4-6-10-16/h4-6,9-10H,2-3,7-8,11-15H2,1H3. The highest BCUT2D eigenvalue weighted by Crippen LogP contribution is 2.45. The maximum absolute atomic E-state index is 12.6. The maximum Gasteiger partial charge on any atom is 0.244 e. The number of carbonyl (C=O) groups excluding carboxylic acids is 1. The quantitative estimate of drug-likeness (QED) is 0.768. The SMILES string of the molecule is CCCCOC1=NN(Cc2ccccc2)C(=O)CC12CCCC2. The molecule has 0 saturated heterocycles. The molecule has 0 N–H and O–H groups in total. The van der Waals surface area contributed by atoms with E-state index in [1.54, 1.807) is 5.01 Å². The Labute approximate surface area is 138 Å². The fourth-order valence-corrected chi connectivity index (χ4v) is 3.55. The molecule has 1 aliphatic carbocycles. The van der Waals surface area contributed by atoms with E-state index in [1.165, 1.54) is 12.8 Å². The molecule has 0 atom stereocenters. The maximum atomic E-state index is 12.6. The first-order chi connectivity index (χ1) is 11.2. The second kappa shape index (κ2) is 7.16. The average Bonchev–Trinajstić information content (AvgIpc) is 3.02. The van der Waals surface area contributed by atoms with Crippen LogP contribution in [0, 0.1) is 5.41 Å². The molecular formula is C19H26N2O2. The van der Waals surface area contributed by atoms with Gasteiger partial charge in [0.15, 0.2) is 0 Å². The topological polar surface area (TPSA) is 41.9 Å². The molecule has 3 rings (SSSR count). The lowest BCUT2D eigenvalue weighted by atomic mass is 9.81. The number of ether oxygens (including phenoxy) is 1. The van der Waals surface area contributed by atoms with Gasteiger partial charge in [0.2, 0.25) is 11.8 Å². The summed E-state index contributed by atoms with van der Waals surface area (Å²) in [6.45, 7) is 3.38. The van der Waals surface area contributed by atoms with Crippen molar-refractivity contribution in [1.82, 2.24) is 5.01 Å². The minimum Gasteiger partial charge on any atom is -0.479 e. The molecular weight excluding hydrogens is 288 g/mol. The van der Waals surface area contributed by atoms with E-state index in [9.17, 15) is 4.79 Å². The van der Waals surface area contributed by atoms with Gasteiger partial charge in [-0.05, 0) is 24.8 Å². The third-order valence-electron chi connectivity index (χ3n) is 4.92. The van der Waals surface area contributed by atoms with Crippen molar-refractivity contribution in [1.29, 1.82) is 0 Å². The molecule has 124 valence electrons. The van der Waals surface area contributed by atoms with Crippen molar-refractivity contribution in [2.24, 2.45) is 10.5 Å². The first-order valence-corrected chi connectivity index (χ1v) is 8.80. The lowest BCUT2D eigenvalue weighted by Gasteiger charge is -2.36. The summed E-state index contributed by atoms with van der Waals surface area (Å²) in [6, 6.07) is 10.0. The highest BCUT2D eigenvalue weighted by molar-refractivity contribution is 5.93. The molecule has 1 saturated carbocycles. The summed E-state index contributed by atoms with van der Waals surface area (Å²) < 4.78 is 6.03. The molecule has 1 aromatic rings. The van der Waals surface area contributed by atoms with Gasteiger partial charge in [0.25, 0.3) is 0 Å². The fraction of sp³-hybridized carbons (Fsp3) is 0.579. The Hall–Kier alpha value is -1.84. The minimum absolute atomic E-state index is 0.124. The lowest BCUT2D eigenvalue weighted by molar-refractivity contribution is -0.135. The zero-order chi connectivity index (χ0) is 16.1. The van der Waals surface area contributed by atoms with Crippen molar-refractivity contribution in [2.75, 3.05) is 6.61 Å². The minimum atomic E-state index is -0.127. The Morgan fingerprint density at radius 2 is 1.96 bits per heavy atom. The normalized spacial score (nSPS) is 20.0. The van der Waals surface area contributed by atoms with Crippen LogP contribution in [0.5, 0.6) is 0 Å². The Morgan fingerprint density at radius 1 is 1.22 bits per heavy atom. The number of amides is 1. The summed E-state index contributed by atoms with van der Waals surface area (Å²) in [7, 11) is 0. The number of hydrogen-bond donors (Lipinski definition) is 0. The Kier molecular flexibility index (Phi) is 4.99. The number of hydrogen-bond acceptors (Lipinski definition) is 3. The van der Waals surface area contributed by atoms with E-state index < -0.39 is 0 Å². The van der Waals surface area contributed by atoms with Crippen molar-refractivity contribution in [3.05, 3.63) is 35.9 Å². The number of benzene rings is 1. The molecule has 1 fully saturated rings. The van der Waals surface area contributed by atoms with E-state index in [1.807, 2.05) is 30.3 Å². The van der Waals surface area contributed by atoms with E-state index >= 15 is 0 Å². The van der Waals surface area contributed by atoms with Gasteiger partial charge in [0.05, 0.1) is 18.6 Å². The van der Waals surface area contributed by atoms with Gasteiger partial charge in [-0.1, -0.05) is 56.5 Å². The van der Waals surface area contributed by atoms with Gasteiger partial charge < -0.3 is 4.74 Å². The lowest BCUT2D eigenvalue weighted by Crippen LogP contribution is -2.44. The largest absolute Gasteiger partial charge is 0.479 e. The molecule has 0 aromatic heterocycles. The molecule has 0 bridgehead atoms. The summed E-state index contributed by atoms with van der Waals surface area (Å²) in [5, 5.41) is 6.24. The molecule has 0 unspecified atom stereocenters. The first kappa shape index (κ1) is 16.0. The van der Waals surface area contributed by atoms with Crippen LogP contribution < -0.4 is 0 Å². The molecule has 1 aromatic carbocycles. The summed E-state index contributed by atoms with van der Waals surface area (Å²) in [5.74, 6) is 0.928. The highest BCUT2D eigenvalue weighted by Gasteiger charge is 2.46. The average molecular weight is 314 g/mol. The summed E-state index contributed by atoms with van der Waals surface area (Å²) in [4.78, 5) is 12.6. The Morgan fingerprint density at radius 3 is 2.65 bits per heavy atom. The van der Waals surface area contributed by atoms with Crippen LogP contribution in [-0.4, -0.2) is 23.4 Å². The van der Waals surface area contributed by atoms with Gasteiger partial charge in [0.1, 0.15) is 0 Å². The second-order valence-electron chi connectivity index (χ2n) is 6.71. The second-order valence-corrected chi connectivity index (χ2v) is 6.71. The predicted molar refractivity (Wildman–Crippen MR) is 90.8 cm³/mol. The van der Waals surface area contributed by atoms with Gasteiger partial charge in [-0.25, -0.2) is 5.01 Å². The van der Waals surface area contributed by atoms with Gasteiger partial charge in [0, 0.05) is 6.42 Å². The van der Waals surface area contributed by atoms with Crippen LogP contribution >= 0.6 is 0 Å². The number of hydrazone groups is 1. The van der Waals surface area contributed by atoms with Crippen LogP contribution in [0.4, 0.5) is 0 Å². The van der Waals surface area contributed by atoms with Gasteiger partial charge in [-0.3, -0.25) is 4.79 Å². The summed E-state index contributed by atoms with van der Waals surface area (Å²) >= 11 is 0. The predicted octanol–water partition coefficient (Wildman–Crippen LogP) is 4.11. The first-order valence-electron chi connectivity index (χ1n) is 8.80. The molecule has 1 aliphatic heterocycles. The molecule has 4 heteroatoms. The van der Waals surface area contributed by atoms with Crippen molar-refractivity contribution in [2.45, 2.75) is 58.4 Å². The highest BCUT2D eigenvalue weighted by atomic mass is 16.5. The fourth-order valence-electron chi connectivity index (χ4n) is 3.55. The molecule has 4 nitrogen and oxygen atoms in total. The van der Waals surface area contributed by atoms with E-state index in [0.717, 1.165) is 37.1 Å². The van der Waals surface area contributed by atoms with Crippen LogP contribution in [0.25, 0.3) is 0 Å². The van der Waals surface area contributed by atoms with E-state index in [0.29, 0.717) is 19.6 Å². The van der Waals surface area contributed by atoms with Gasteiger partial charge in [-0.15, -0.1) is 5.10 Å². The zero-order valence-corrected chi connectivity index (χ0v) is 14.0. The van der Waals surface area contributed by atoms with Crippen LogP contribution in [0.15, 0.2) is 35.4 Å². The van der Waals surface area contributed by atoms with Crippen LogP contribution in [-0.2, 0) is 16.1 Å². The molecule has 1 heterocycles. The Bertz CT molecular complexity index is 562. The number of unbranched alkanes of at least 4 members (excludes halogenated alkanes) is 1. The molecule has 23 heavy (non-hydrogen) atoms. The van der Waals surface area contributed by atoms with Crippen LogP contribution in [0.2, 0.25) is 0 Å². The van der Waals surface area contributed by atoms with E-state index in [4.69, 9.17) is 4.74 Å². The molecule has 1 spiro atoms. The Balaban J connectivity index is 1.79. The van der Waals surface area contributed by atoms with Crippen molar-refractivity contribution in [3.8, 4) is 0 Å². The zero-order valence-electron chi connectivity index (χ0n) is 14.0. The van der Waals surface area contributed by atoms with Gasteiger partial charge >= 0.3 is 0 Å². The van der Waals surface area contributed by atoms with Crippen molar-refractivity contribution < 1.29 is 9.53 Å². The molecule has 2 aliphatic rings. The van der Waals surface area contributed by atoms with E-state index in [-0.39, 0.29) is 11.3 Å². The third-order valence-corrected chi connectivity index (χ3v) is 4.92. The molecule has 0 radical (unpaired) electrons. The van der Waals surface area contributed by atoms with Crippen LogP contribution in [0.1, 0.15) is 57.4 Å². The van der Waals surface area contributed by atoms with E-state index in [2.05, 4.69) is 12.0 Å². The smallest absolute Gasteiger partial charge is 0.244 e. The third kappa shape index (κ3) is 3.57. The number of carbonyl (C=O) groups is 1. The molecule has 1 amide bonds.